The summed E-state index contributed by atoms with van der Waals surface area (Å²) in [5, 5.41) is 23.1. The van der Waals surface area contributed by atoms with E-state index < -0.39 is 12.1 Å². The maximum atomic E-state index is 11.7. The Morgan fingerprint density at radius 2 is 2.06 bits per heavy atom. The van der Waals surface area contributed by atoms with Gasteiger partial charge < -0.3 is 25.7 Å². The summed E-state index contributed by atoms with van der Waals surface area (Å²) in [5.41, 5.74) is 0. The second-order valence-electron chi connectivity index (χ2n) is 4.13. The molecule has 0 aromatic rings. The molecule has 1 atom stereocenters. The zero-order chi connectivity index (χ0) is 12.8. The molecule has 0 bridgehead atoms. The van der Waals surface area contributed by atoms with Gasteiger partial charge in [0.2, 0.25) is 0 Å². The van der Waals surface area contributed by atoms with E-state index in [2.05, 4.69) is 10.6 Å². The number of carbonyl (C=O) groups is 2. The number of carbonyl (C=O) groups excluding carboxylic acids is 1. The van der Waals surface area contributed by atoms with Gasteiger partial charge in [-0.3, -0.25) is 0 Å². The normalized spacial score (nSPS) is 18.5. The quantitative estimate of drug-likeness (QED) is 0.499. The molecular weight excluding hydrogens is 226 g/mol. The lowest BCUT2D eigenvalue weighted by Crippen LogP contribution is -2.49. The zero-order valence-corrected chi connectivity index (χ0v) is 9.85. The number of carboxylic acid groups (broad SMARTS) is 1. The number of hydrogen-bond donors (Lipinski definition) is 4. The summed E-state index contributed by atoms with van der Waals surface area (Å²) in [6.07, 6.45) is 0.206. The molecule has 0 saturated carbocycles. The van der Waals surface area contributed by atoms with Crippen LogP contribution in [-0.4, -0.2) is 65.9 Å². The van der Waals surface area contributed by atoms with Crippen LogP contribution in [0.4, 0.5) is 4.79 Å². The average molecular weight is 245 g/mol. The van der Waals surface area contributed by atoms with Gasteiger partial charge in [-0.1, -0.05) is 0 Å². The van der Waals surface area contributed by atoms with Crippen LogP contribution in [0.3, 0.4) is 0 Å². The summed E-state index contributed by atoms with van der Waals surface area (Å²) in [6, 6.07) is -0.185. The minimum absolute atomic E-state index is 0.165. The fourth-order valence-electron chi connectivity index (χ4n) is 1.76. The number of urea groups is 1. The Morgan fingerprint density at radius 1 is 1.47 bits per heavy atom. The fourth-order valence-corrected chi connectivity index (χ4v) is 1.76. The molecule has 1 aliphatic rings. The number of amides is 2. The van der Waals surface area contributed by atoms with Gasteiger partial charge in [-0.05, 0) is 25.9 Å². The van der Waals surface area contributed by atoms with Crippen molar-refractivity contribution in [2.75, 3.05) is 26.7 Å². The van der Waals surface area contributed by atoms with Gasteiger partial charge in [0.25, 0.3) is 0 Å². The molecule has 4 N–H and O–H groups in total. The lowest BCUT2D eigenvalue weighted by molar-refractivity contribution is -0.146. The molecule has 1 aliphatic heterocycles. The monoisotopic (exact) mass is 245 g/mol. The van der Waals surface area contributed by atoms with Gasteiger partial charge in [0.05, 0.1) is 6.54 Å². The molecule has 17 heavy (non-hydrogen) atoms. The third-order valence-electron chi connectivity index (χ3n) is 2.91. The number of hydrogen-bond acceptors (Lipinski definition) is 4. The minimum atomic E-state index is -1.56. The number of aliphatic carboxylic acids is 1. The Kier molecular flexibility index (Phi) is 5.17. The predicted molar refractivity (Wildman–Crippen MR) is 60.7 cm³/mol. The third kappa shape index (κ3) is 4.20. The van der Waals surface area contributed by atoms with Crippen molar-refractivity contribution in [1.82, 2.24) is 15.5 Å². The van der Waals surface area contributed by atoms with Crippen molar-refractivity contribution in [2.24, 2.45) is 0 Å². The molecule has 0 aliphatic carbocycles. The van der Waals surface area contributed by atoms with Gasteiger partial charge in [-0.25, -0.2) is 9.59 Å². The van der Waals surface area contributed by atoms with Gasteiger partial charge in [0.1, 0.15) is 0 Å². The Balaban J connectivity index is 2.33. The third-order valence-corrected chi connectivity index (χ3v) is 2.91. The number of piperidine rings is 1. The van der Waals surface area contributed by atoms with E-state index in [-0.39, 0.29) is 18.6 Å². The van der Waals surface area contributed by atoms with Crippen molar-refractivity contribution in [3.8, 4) is 0 Å². The van der Waals surface area contributed by atoms with Gasteiger partial charge in [0, 0.05) is 13.1 Å². The first-order chi connectivity index (χ1) is 8.02. The van der Waals surface area contributed by atoms with E-state index >= 15 is 0 Å². The molecule has 0 aromatic heterocycles. The number of carboxylic acids is 1. The van der Waals surface area contributed by atoms with E-state index in [4.69, 9.17) is 10.2 Å². The van der Waals surface area contributed by atoms with Crippen LogP contribution in [-0.2, 0) is 4.79 Å². The SMILES string of the molecule is CN(C(=O)NCC(O)C(=O)O)C1CCNCC1. The predicted octanol–water partition coefficient (Wildman–Crippen LogP) is -1.17. The van der Waals surface area contributed by atoms with Crippen LogP contribution < -0.4 is 10.6 Å². The molecule has 0 radical (unpaired) electrons. The highest BCUT2D eigenvalue weighted by atomic mass is 16.4. The first-order valence-electron chi connectivity index (χ1n) is 5.64. The summed E-state index contributed by atoms with van der Waals surface area (Å²) < 4.78 is 0. The van der Waals surface area contributed by atoms with Gasteiger partial charge in [-0.15, -0.1) is 0 Å². The van der Waals surface area contributed by atoms with E-state index in [0.29, 0.717) is 0 Å². The molecule has 0 aromatic carbocycles. The Bertz CT molecular complexity index is 279. The lowest BCUT2D eigenvalue weighted by atomic mass is 10.1. The maximum absolute atomic E-state index is 11.7. The molecule has 1 heterocycles. The standard InChI is InChI=1S/C10H19N3O4/c1-13(7-2-4-11-5-3-7)10(17)12-6-8(14)9(15)16/h7-8,11,14H,2-6H2,1H3,(H,12,17)(H,15,16). The number of aliphatic hydroxyl groups excluding tert-OH is 1. The molecule has 1 unspecified atom stereocenters. The number of aliphatic hydroxyl groups is 1. The highest BCUT2D eigenvalue weighted by Crippen LogP contribution is 2.09. The summed E-state index contributed by atoms with van der Waals surface area (Å²) in [6.45, 7) is 1.48. The summed E-state index contributed by atoms with van der Waals surface area (Å²) in [7, 11) is 1.68. The Hall–Kier alpha value is -1.34. The van der Waals surface area contributed by atoms with Crippen molar-refractivity contribution >= 4 is 12.0 Å². The second-order valence-corrected chi connectivity index (χ2v) is 4.13. The molecule has 0 spiro atoms. The van der Waals surface area contributed by atoms with E-state index in [9.17, 15) is 9.59 Å². The highest BCUT2D eigenvalue weighted by Gasteiger charge is 2.22. The number of rotatable bonds is 4. The van der Waals surface area contributed by atoms with Crippen LogP contribution in [0.5, 0.6) is 0 Å². The smallest absolute Gasteiger partial charge is 0.334 e. The Morgan fingerprint density at radius 3 is 2.59 bits per heavy atom. The van der Waals surface area contributed by atoms with Gasteiger partial charge >= 0.3 is 12.0 Å². The molecule has 7 heteroatoms. The van der Waals surface area contributed by atoms with Crippen LogP contribution >= 0.6 is 0 Å². The fraction of sp³-hybridized carbons (Fsp3) is 0.800. The summed E-state index contributed by atoms with van der Waals surface area (Å²) >= 11 is 0. The van der Waals surface area contributed by atoms with E-state index in [1.165, 1.54) is 0 Å². The van der Waals surface area contributed by atoms with Crippen molar-refractivity contribution in [1.29, 1.82) is 0 Å². The van der Waals surface area contributed by atoms with Crippen molar-refractivity contribution in [3.05, 3.63) is 0 Å². The summed E-state index contributed by atoms with van der Waals surface area (Å²) in [4.78, 5) is 23.6. The van der Waals surface area contributed by atoms with E-state index in [1.807, 2.05) is 0 Å². The zero-order valence-electron chi connectivity index (χ0n) is 9.85. The molecule has 1 fully saturated rings. The minimum Gasteiger partial charge on any atom is -0.479 e. The molecule has 1 saturated heterocycles. The van der Waals surface area contributed by atoms with E-state index in [0.717, 1.165) is 25.9 Å². The largest absolute Gasteiger partial charge is 0.479 e. The van der Waals surface area contributed by atoms with Gasteiger partial charge in [-0.2, -0.15) is 0 Å². The molecule has 7 nitrogen and oxygen atoms in total. The van der Waals surface area contributed by atoms with Crippen LogP contribution in [0.15, 0.2) is 0 Å². The number of nitrogens with one attached hydrogen (secondary N) is 2. The second kappa shape index (κ2) is 6.41. The highest BCUT2D eigenvalue weighted by molar-refractivity contribution is 5.76. The molecule has 98 valence electrons. The van der Waals surface area contributed by atoms with Crippen molar-refractivity contribution in [2.45, 2.75) is 25.0 Å². The van der Waals surface area contributed by atoms with Crippen LogP contribution in [0.2, 0.25) is 0 Å². The average Bonchev–Trinajstić information content (AvgIpc) is 2.35. The van der Waals surface area contributed by atoms with Crippen LogP contribution in [0.25, 0.3) is 0 Å². The van der Waals surface area contributed by atoms with Crippen molar-refractivity contribution in [3.63, 3.8) is 0 Å². The number of nitrogens with zero attached hydrogens (tertiary/aromatic N) is 1. The summed E-state index contributed by atoms with van der Waals surface area (Å²) in [5.74, 6) is -1.34. The van der Waals surface area contributed by atoms with Crippen LogP contribution in [0.1, 0.15) is 12.8 Å². The van der Waals surface area contributed by atoms with Gasteiger partial charge in [0.15, 0.2) is 6.10 Å². The molecule has 1 rings (SSSR count). The topological polar surface area (TPSA) is 102 Å². The van der Waals surface area contributed by atoms with Crippen molar-refractivity contribution < 1.29 is 19.8 Å². The Labute approximate surface area is 99.8 Å². The van der Waals surface area contributed by atoms with Crippen LogP contribution in [0, 0.1) is 0 Å². The first kappa shape index (κ1) is 13.7. The lowest BCUT2D eigenvalue weighted by Gasteiger charge is -2.31. The maximum Gasteiger partial charge on any atom is 0.334 e. The molecular formula is C10H19N3O4. The van der Waals surface area contributed by atoms with E-state index in [1.54, 1.807) is 11.9 Å². The molecule has 2 amide bonds. The first-order valence-corrected chi connectivity index (χ1v) is 5.64.